The molecule has 3 heterocycles. The number of aromatic nitrogens is 1. The third-order valence-electron chi connectivity index (χ3n) is 4.49. The van der Waals surface area contributed by atoms with Gasteiger partial charge in [-0.2, -0.15) is 11.3 Å². The van der Waals surface area contributed by atoms with Gasteiger partial charge in [0, 0.05) is 37.1 Å². The number of hydrogen-bond acceptors (Lipinski definition) is 4. The van der Waals surface area contributed by atoms with E-state index in [4.69, 9.17) is 0 Å². The van der Waals surface area contributed by atoms with E-state index in [1.165, 1.54) is 0 Å². The molecule has 0 radical (unpaired) electrons. The van der Waals surface area contributed by atoms with E-state index in [-0.39, 0.29) is 23.8 Å². The largest absolute Gasteiger partial charge is 0.353 e. The van der Waals surface area contributed by atoms with E-state index in [9.17, 15) is 9.59 Å². The third kappa shape index (κ3) is 3.82. The van der Waals surface area contributed by atoms with E-state index in [0.29, 0.717) is 18.7 Å². The number of amides is 2. The van der Waals surface area contributed by atoms with Crippen LogP contribution in [0.15, 0.2) is 41.4 Å². The second-order valence-electron chi connectivity index (χ2n) is 6.09. The Labute approximate surface area is 145 Å². The number of thiophene rings is 1. The molecule has 0 aromatic carbocycles. The van der Waals surface area contributed by atoms with Gasteiger partial charge < -0.3 is 10.2 Å². The number of hydrogen-bond donors (Lipinski definition) is 1. The molecule has 126 valence electrons. The van der Waals surface area contributed by atoms with Crippen LogP contribution < -0.4 is 5.32 Å². The summed E-state index contributed by atoms with van der Waals surface area (Å²) in [6.07, 6.45) is 4.84. The Bertz CT molecular complexity index is 680. The number of nitrogens with zero attached hydrogens (tertiary/aromatic N) is 2. The van der Waals surface area contributed by atoms with Gasteiger partial charge >= 0.3 is 0 Å². The van der Waals surface area contributed by atoms with Crippen molar-refractivity contribution >= 4 is 23.2 Å². The highest BCUT2D eigenvalue weighted by atomic mass is 32.1. The van der Waals surface area contributed by atoms with Gasteiger partial charge in [0.1, 0.15) is 0 Å². The second-order valence-corrected chi connectivity index (χ2v) is 6.87. The van der Waals surface area contributed by atoms with Gasteiger partial charge in [-0.3, -0.25) is 14.6 Å². The number of piperidine rings is 1. The number of pyridine rings is 1. The number of carbonyl (C=O) groups is 2. The van der Waals surface area contributed by atoms with Crippen molar-refractivity contribution in [2.45, 2.75) is 31.7 Å². The lowest BCUT2D eigenvalue weighted by molar-refractivity contribution is -0.123. The van der Waals surface area contributed by atoms with Gasteiger partial charge in [0.2, 0.25) is 5.91 Å². The third-order valence-corrected chi connectivity index (χ3v) is 5.19. The summed E-state index contributed by atoms with van der Waals surface area (Å²) in [4.78, 5) is 30.5. The van der Waals surface area contributed by atoms with Crippen molar-refractivity contribution in [2.75, 3.05) is 13.1 Å². The predicted molar refractivity (Wildman–Crippen MR) is 94.0 cm³/mol. The molecule has 3 rings (SSSR count). The van der Waals surface area contributed by atoms with E-state index in [1.807, 2.05) is 28.7 Å². The number of rotatable bonds is 4. The van der Waals surface area contributed by atoms with Crippen molar-refractivity contribution in [3.8, 4) is 0 Å². The Kier molecular flexibility index (Phi) is 5.25. The van der Waals surface area contributed by atoms with Gasteiger partial charge in [0.05, 0.1) is 5.92 Å². The molecule has 2 aromatic heterocycles. The average Bonchev–Trinajstić information content (AvgIpc) is 3.16. The molecule has 0 saturated carbocycles. The van der Waals surface area contributed by atoms with Crippen molar-refractivity contribution in [2.24, 2.45) is 0 Å². The Morgan fingerprint density at radius 1 is 1.25 bits per heavy atom. The lowest BCUT2D eigenvalue weighted by atomic mass is 10.0. The van der Waals surface area contributed by atoms with Gasteiger partial charge in [-0.25, -0.2) is 0 Å². The average molecular weight is 343 g/mol. The Morgan fingerprint density at radius 3 is 2.58 bits per heavy atom. The molecule has 1 atom stereocenters. The highest BCUT2D eigenvalue weighted by Crippen LogP contribution is 2.20. The van der Waals surface area contributed by atoms with Gasteiger partial charge in [0.15, 0.2) is 0 Å². The van der Waals surface area contributed by atoms with Crippen LogP contribution in [0.2, 0.25) is 0 Å². The first-order valence-corrected chi connectivity index (χ1v) is 9.11. The SMILES string of the molecule is C[C@H](C(=O)NC1CCN(C(=O)c2ccncc2)CC1)c1ccsc1. The van der Waals surface area contributed by atoms with Gasteiger partial charge in [-0.15, -0.1) is 0 Å². The number of likely N-dealkylation sites (tertiary alicyclic amines) is 1. The van der Waals surface area contributed by atoms with Crippen molar-refractivity contribution in [3.63, 3.8) is 0 Å². The molecule has 6 heteroatoms. The fraction of sp³-hybridized carbons (Fsp3) is 0.389. The molecule has 1 aliphatic heterocycles. The molecule has 1 fully saturated rings. The van der Waals surface area contributed by atoms with Crippen LogP contribution in [0, 0.1) is 0 Å². The summed E-state index contributed by atoms with van der Waals surface area (Å²) in [5.41, 5.74) is 1.72. The maximum absolute atomic E-state index is 12.4. The van der Waals surface area contributed by atoms with Crippen LogP contribution >= 0.6 is 11.3 Å². The molecular weight excluding hydrogens is 322 g/mol. The molecule has 1 aliphatic rings. The van der Waals surface area contributed by atoms with E-state index in [2.05, 4.69) is 10.3 Å². The zero-order valence-electron chi connectivity index (χ0n) is 13.6. The van der Waals surface area contributed by atoms with E-state index in [1.54, 1.807) is 35.9 Å². The molecule has 5 nitrogen and oxygen atoms in total. The quantitative estimate of drug-likeness (QED) is 0.928. The monoisotopic (exact) mass is 343 g/mol. The lowest BCUT2D eigenvalue weighted by Crippen LogP contribution is -2.47. The first-order chi connectivity index (χ1) is 11.6. The molecule has 1 saturated heterocycles. The topological polar surface area (TPSA) is 62.3 Å². The summed E-state index contributed by atoms with van der Waals surface area (Å²) in [5, 5.41) is 7.13. The fourth-order valence-corrected chi connectivity index (χ4v) is 3.66. The molecule has 0 unspecified atom stereocenters. The minimum absolute atomic E-state index is 0.0359. The van der Waals surface area contributed by atoms with Gasteiger partial charge in [-0.05, 0) is 54.3 Å². The summed E-state index contributed by atoms with van der Waals surface area (Å²) < 4.78 is 0. The van der Waals surface area contributed by atoms with E-state index < -0.39 is 0 Å². The summed E-state index contributed by atoms with van der Waals surface area (Å²) in [5.74, 6) is -0.0335. The molecule has 2 amide bonds. The molecule has 0 bridgehead atoms. The minimum Gasteiger partial charge on any atom is -0.353 e. The summed E-state index contributed by atoms with van der Waals surface area (Å²) >= 11 is 1.60. The first-order valence-electron chi connectivity index (χ1n) is 8.17. The maximum atomic E-state index is 12.4. The predicted octanol–water partition coefficient (Wildman–Crippen LogP) is 2.67. The summed E-state index contributed by atoms with van der Waals surface area (Å²) in [6, 6.07) is 5.60. The molecular formula is C18H21N3O2S. The fourth-order valence-electron chi connectivity index (χ4n) is 2.90. The van der Waals surface area contributed by atoms with Crippen LogP contribution in [0.3, 0.4) is 0 Å². The van der Waals surface area contributed by atoms with Crippen molar-refractivity contribution < 1.29 is 9.59 Å². The second kappa shape index (κ2) is 7.57. The van der Waals surface area contributed by atoms with Crippen LogP contribution in [-0.2, 0) is 4.79 Å². The highest BCUT2D eigenvalue weighted by molar-refractivity contribution is 7.08. The van der Waals surface area contributed by atoms with Gasteiger partial charge in [-0.1, -0.05) is 0 Å². The lowest BCUT2D eigenvalue weighted by Gasteiger charge is -2.33. The van der Waals surface area contributed by atoms with Crippen LogP contribution in [0.5, 0.6) is 0 Å². The van der Waals surface area contributed by atoms with E-state index >= 15 is 0 Å². The Balaban J connectivity index is 1.50. The molecule has 1 N–H and O–H groups in total. The smallest absolute Gasteiger partial charge is 0.253 e. The van der Waals surface area contributed by atoms with Gasteiger partial charge in [0.25, 0.3) is 5.91 Å². The highest BCUT2D eigenvalue weighted by Gasteiger charge is 2.26. The molecule has 0 aliphatic carbocycles. The van der Waals surface area contributed by atoms with Crippen LogP contribution in [-0.4, -0.2) is 40.8 Å². The zero-order chi connectivity index (χ0) is 16.9. The Morgan fingerprint density at radius 2 is 1.96 bits per heavy atom. The maximum Gasteiger partial charge on any atom is 0.253 e. The Hall–Kier alpha value is -2.21. The van der Waals surface area contributed by atoms with Crippen LogP contribution in [0.1, 0.15) is 41.6 Å². The molecule has 0 spiro atoms. The van der Waals surface area contributed by atoms with Crippen molar-refractivity contribution in [3.05, 3.63) is 52.5 Å². The standard InChI is InChI=1S/C18H21N3O2S/c1-13(15-6-11-24-12-15)17(22)20-16-4-9-21(10-5-16)18(23)14-2-7-19-8-3-14/h2-3,6-8,11-13,16H,4-5,9-10H2,1H3,(H,20,22)/t13-/m0/s1. The molecule has 2 aromatic rings. The minimum atomic E-state index is -0.132. The normalized spacial score (nSPS) is 16.6. The zero-order valence-corrected chi connectivity index (χ0v) is 14.5. The summed E-state index contributed by atoms with van der Waals surface area (Å²) in [6.45, 7) is 3.26. The van der Waals surface area contributed by atoms with Crippen molar-refractivity contribution in [1.82, 2.24) is 15.2 Å². The number of nitrogens with one attached hydrogen (secondary N) is 1. The van der Waals surface area contributed by atoms with E-state index in [0.717, 1.165) is 18.4 Å². The number of carbonyl (C=O) groups excluding carboxylic acids is 2. The first kappa shape index (κ1) is 16.6. The van der Waals surface area contributed by atoms with Crippen molar-refractivity contribution in [1.29, 1.82) is 0 Å². The molecule has 24 heavy (non-hydrogen) atoms. The summed E-state index contributed by atoms with van der Waals surface area (Å²) in [7, 11) is 0. The van der Waals surface area contributed by atoms with Crippen LogP contribution in [0.4, 0.5) is 0 Å². The van der Waals surface area contributed by atoms with Crippen LogP contribution in [0.25, 0.3) is 0 Å².